The van der Waals surface area contributed by atoms with Crippen LogP contribution in [0.2, 0.25) is 0 Å². The Morgan fingerprint density at radius 3 is 2.67 bits per heavy atom. The summed E-state index contributed by atoms with van der Waals surface area (Å²) < 4.78 is 24.1. The number of nitrogens with one attached hydrogen (secondary N) is 1. The van der Waals surface area contributed by atoms with Crippen LogP contribution in [0.15, 0.2) is 35.4 Å². The first kappa shape index (κ1) is 15.0. The zero-order valence-corrected chi connectivity index (χ0v) is 12.0. The lowest BCUT2D eigenvalue weighted by atomic mass is 10.2. The van der Waals surface area contributed by atoms with E-state index in [-0.39, 0.29) is 10.5 Å². The fourth-order valence-corrected chi connectivity index (χ4v) is 2.31. The molecule has 2 aromatic rings. The Morgan fingerprint density at radius 1 is 1.43 bits per heavy atom. The van der Waals surface area contributed by atoms with Crippen LogP contribution in [0.25, 0.3) is 0 Å². The number of rotatable bonds is 5. The van der Waals surface area contributed by atoms with Crippen LogP contribution in [0.4, 0.5) is 5.69 Å². The zero-order valence-electron chi connectivity index (χ0n) is 11.1. The molecule has 0 aliphatic carbocycles. The maximum atomic E-state index is 11.3. The van der Waals surface area contributed by atoms with Gasteiger partial charge in [0.15, 0.2) is 0 Å². The Kier molecular flexibility index (Phi) is 3.96. The maximum absolute atomic E-state index is 11.3. The number of aromatic carboxylic acids is 1. The first-order valence-electron chi connectivity index (χ1n) is 5.90. The number of carboxylic acids is 1. The van der Waals surface area contributed by atoms with Gasteiger partial charge in [-0.1, -0.05) is 0 Å². The van der Waals surface area contributed by atoms with E-state index in [1.54, 1.807) is 24.0 Å². The van der Waals surface area contributed by atoms with Crippen molar-refractivity contribution in [3.63, 3.8) is 0 Å². The first-order valence-corrected chi connectivity index (χ1v) is 7.44. The fourth-order valence-electron chi connectivity index (χ4n) is 1.77. The van der Waals surface area contributed by atoms with Crippen molar-refractivity contribution in [2.75, 3.05) is 5.32 Å². The molecule has 1 aromatic heterocycles. The molecule has 0 saturated heterocycles. The van der Waals surface area contributed by atoms with Crippen LogP contribution in [0.3, 0.4) is 0 Å². The number of anilines is 1. The SMILES string of the molecule is Cn1ccc(CNc2ccc(S(N)(=O)=O)cc2C(=O)O)n1. The van der Waals surface area contributed by atoms with Crippen molar-refractivity contribution in [2.24, 2.45) is 12.2 Å². The first-order chi connectivity index (χ1) is 9.77. The number of hydrogen-bond donors (Lipinski definition) is 3. The zero-order chi connectivity index (χ0) is 15.6. The van der Waals surface area contributed by atoms with Crippen LogP contribution >= 0.6 is 0 Å². The van der Waals surface area contributed by atoms with Crippen LogP contribution < -0.4 is 10.5 Å². The Balaban J connectivity index is 2.28. The van der Waals surface area contributed by atoms with Gasteiger partial charge in [-0.3, -0.25) is 4.68 Å². The summed E-state index contributed by atoms with van der Waals surface area (Å²) in [4.78, 5) is 11.0. The van der Waals surface area contributed by atoms with E-state index in [2.05, 4.69) is 10.4 Å². The van der Waals surface area contributed by atoms with Crippen molar-refractivity contribution >= 4 is 21.7 Å². The fraction of sp³-hybridized carbons (Fsp3) is 0.167. The summed E-state index contributed by atoms with van der Waals surface area (Å²) in [5.41, 5.74) is 0.849. The third-order valence-corrected chi connectivity index (χ3v) is 3.69. The number of aryl methyl sites for hydroxylation is 1. The normalized spacial score (nSPS) is 11.3. The van der Waals surface area contributed by atoms with E-state index >= 15 is 0 Å². The highest BCUT2D eigenvalue weighted by molar-refractivity contribution is 7.89. The number of aromatic nitrogens is 2. The van der Waals surface area contributed by atoms with Crippen LogP contribution in [-0.2, 0) is 23.6 Å². The van der Waals surface area contributed by atoms with E-state index in [1.807, 2.05) is 0 Å². The molecule has 0 bridgehead atoms. The molecule has 9 heteroatoms. The lowest BCUT2D eigenvalue weighted by Crippen LogP contribution is -2.14. The number of nitrogens with two attached hydrogens (primary N) is 1. The largest absolute Gasteiger partial charge is 0.478 e. The maximum Gasteiger partial charge on any atom is 0.337 e. The van der Waals surface area contributed by atoms with Gasteiger partial charge in [-0.2, -0.15) is 5.10 Å². The van der Waals surface area contributed by atoms with Gasteiger partial charge in [0.25, 0.3) is 0 Å². The van der Waals surface area contributed by atoms with E-state index in [1.165, 1.54) is 12.1 Å². The minimum absolute atomic E-state index is 0.169. The highest BCUT2D eigenvalue weighted by atomic mass is 32.2. The predicted octanol–water partition coefficient (Wildman–Crippen LogP) is 0.378. The van der Waals surface area contributed by atoms with Crippen LogP contribution in [-0.4, -0.2) is 29.3 Å². The smallest absolute Gasteiger partial charge is 0.337 e. The third-order valence-electron chi connectivity index (χ3n) is 2.78. The molecule has 0 radical (unpaired) electrons. The predicted molar refractivity (Wildman–Crippen MR) is 75.3 cm³/mol. The summed E-state index contributed by atoms with van der Waals surface area (Å²) in [6.07, 6.45) is 1.76. The third kappa shape index (κ3) is 3.58. The van der Waals surface area contributed by atoms with Gasteiger partial charge in [-0.25, -0.2) is 18.4 Å². The van der Waals surface area contributed by atoms with E-state index in [9.17, 15) is 13.2 Å². The Labute approximate surface area is 121 Å². The van der Waals surface area contributed by atoms with Crippen molar-refractivity contribution < 1.29 is 18.3 Å². The van der Waals surface area contributed by atoms with E-state index in [0.29, 0.717) is 12.2 Å². The molecular formula is C12H14N4O4S. The highest BCUT2D eigenvalue weighted by Gasteiger charge is 2.16. The quantitative estimate of drug-likeness (QED) is 0.732. The molecule has 0 spiro atoms. The van der Waals surface area contributed by atoms with Gasteiger partial charge in [0.1, 0.15) is 0 Å². The summed E-state index contributed by atoms with van der Waals surface area (Å²) in [5.74, 6) is -1.25. The minimum atomic E-state index is -3.95. The van der Waals surface area contributed by atoms with Gasteiger partial charge in [-0.15, -0.1) is 0 Å². The number of carboxylic acid groups (broad SMARTS) is 1. The van der Waals surface area contributed by atoms with E-state index in [4.69, 9.17) is 10.2 Å². The lowest BCUT2D eigenvalue weighted by molar-refractivity contribution is 0.0697. The van der Waals surface area contributed by atoms with Crippen molar-refractivity contribution in [3.8, 4) is 0 Å². The Bertz CT molecular complexity index is 782. The molecule has 112 valence electrons. The molecule has 0 aliphatic heterocycles. The average Bonchev–Trinajstić information content (AvgIpc) is 2.80. The molecule has 0 unspecified atom stereocenters. The van der Waals surface area contributed by atoms with Crippen molar-refractivity contribution in [2.45, 2.75) is 11.4 Å². The molecule has 4 N–H and O–H groups in total. The number of benzene rings is 1. The number of sulfonamides is 1. The number of nitrogens with zero attached hydrogens (tertiary/aromatic N) is 2. The molecule has 21 heavy (non-hydrogen) atoms. The van der Waals surface area contributed by atoms with E-state index in [0.717, 1.165) is 11.8 Å². The summed E-state index contributed by atoms with van der Waals surface area (Å²) >= 11 is 0. The van der Waals surface area contributed by atoms with Crippen molar-refractivity contribution in [3.05, 3.63) is 41.7 Å². The molecule has 0 fully saturated rings. The van der Waals surface area contributed by atoms with Gasteiger partial charge < -0.3 is 10.4 Å². The van der Waals surface area contributed by atoms with Gasteiger partial charge in [-0.05, 0) is 24.3 Å². The minimum Gasteiger partial charge on any atom is -0.478 e. The summed E-state index contributed by atoms with van der Waals surface area (Å²) in [6.45, 7) is 0.315. The molecule has 0 saturated carbocycles. The Hall–Kier alpha value is -2.39. The number of primary sulfonamides is 1. The standard InChI is InChI=1S/C12H14N4O4S/c1-16-5-4-8(15-16)7-14-11-3-2-9(21(13,19)20)6-10(11)12(17)18/h2-6,14H,7H2,1H3,(H,17,18)(H2,13,19,20). The van der Waals surface area contributed by atoms with Crippen LogP contribution in [0.5, 0.6) is 0 Å². The van der Waals surface area contributed by atoms with Gasteiger partial charge >= 0.3 is 5.97 Å². The average molecular weight is 310 g/mol. The van der Waals surface area contributed by atoms with Crippen LogP contribution in [0, 0.1) is 0 Å². The summed E-state index contributed by atoms with van der Waals surface area (Å²) in [5, 5.41) is 21.2. The van der Waals surface area contributed by atoms with Crippen molar-refractivity contribution in [1.29, 1.82) is 0 Å². The topological polar surface area (TPSA) is 127 Å². The van der Waals surface area contributed by atoms with Crippen LogP contribution in [0.1, 0.15) is 16.1 Å². The molecular weight excluding hydrogens is 296 g/mol. The number of hydrogen-bond acceptors (Lipinski definition) is 5. The van der Waals surface area contributed by atoms with Gasteiger partial charge in [0.2, 0.25) is 10.0 Å². The molecule has 2 rings (SSSR count). The lowest BCUT2D eigenvalue weighted by Gasteiger charge is -2.09. The molecule has 1 heterocycles. The van der Waals surface area contributed by atoms with Gasteiger partial charge in [0, 0.05) is 18.9 Å². The highest BCUT2D eigenvalue weighted by Crippen LogP contribution is 2.20. The second-order valence-electron chi connectivity index (χ2n) is 4.39. The van der Waals surface area contributed by atoms with Gasteiger partial charge in [0.05, 0.1) is 22.7 Å². The molecule has 1 aromatic carbocycles. The second kappa shape index (κ2) is 5.54. The second-order valence-corrected chi connectivity index (χ2v) is 5.95. The monoisotopic (exact) mass is 310 g/mol. The number of carbonyl (C=O) groups is 1. The summed E-state index contributed by atoms with van der Waals surface area (Å²) in [7, 11) is -2.18. The summed E-state index contributed by atoms with van der Waals surface area (Å²) in [6, 6.07) is 5.43. The molecule has 0 amide bonds. The van der Waals surface area contributed by atoms with E-state index < -0.39 is 16.0 Å². The molecule has 0 aliphatic rings. The molecule has 8 nitrogen and oxygen atoms in total. The Morgan fingerprint density at radius 2 is 2.14 bits per heavy atom. The molecule has 0 atom stereocenters. The van der Waals surface area contributed by atoms with Crippen molar-refractivity contribution in [1.82, 2.24) is 9.78 Å².